The third kappa shape index (κ3) is 7.41. The molecule has 0 aromatic carbocycles. The van der Waals surface area contributed by atoms with Crippen molar-refractivity contribution in [3.8, 4) is 6.07 Å². The lowest BCUT2D eigenvalue weighted by atomic mass is 10.2. The third-order valence-corrected chi connectivity index (χ3v) is 0.606. The Morgan fingerprint density at radius 3 is 2.40 bits per heavy atom. The van der Waals surface area contributed by atoms with Gasteiger partial charge in [-0.2, -0.15) is 5.26 Å². The molecule has 0 saturated heterocycles. The second-order valence-corrected chi connectivity index (χ2v) is 2.93. The monoisotopic (exact) mass is 143 g/mol. The fraction of sp³-hybridized carbons (Fsp3) is 0.857. The Labute approximate surface area is 61.5 Å². The maximum atomic E-state index is 8.11. The van der Waals surface area contributed by atoms with Gasteiger partial charge < -0.3 is 0 Å². The van der Waals surface area contributed by atoms with Crippen LogP contribution in [0.25, 0.3) is 0 Å². The number of hydrogen-bond acceptors (Lipinski definition) is 3. The highest BCUT2D eigenvalue weighted by molar-refractivity contribution is 4.66. The molecule has 0 fully saturated rings. The summed E-state index contributed by atoms with van der Waals surface area (Å²) < 4.78 is 0. The summed E-state index contributed by atoms with van der Waals surface area (Å²) in [4.78, 5) is 9.60. The molecule has 0 spiro atoms. The van der Waals surface area contributed by atoms with Crippen LogP contribution in [0.2, 0.25) is 0 Å². The summed E-state index contributed by atoms with van der Waals surface area (Å²) in [5.41, 5.74) is -0.282. The van der Waals surface area contributed by atoms with Crippen molar-refractivity contribution in [3.63, 3.8) is 0 Å². The summed E-state index contributed by atoms with van der Waals surface area (Å²) in [6.07, 6.45) is 0.371. The van der Waals surface area contributed by atoms with Crippen LogP contribution in [-0.2, 0) is 9.78 Å². The van der Waals surface area contributed by atoms with Crippen molar-refractivity contribution >= 4 is 0 Å². The van der Waals surface area contributed by atoms with Gasteiger partial charge in [0.25, 0.3) is 0 Å². The second kappa shape index (κ2) is 4.26. The zero-order valence-corrected chi connectivity index (χ0v) is 6.68. The highest BCUT2D eigenvalue weighted by Gasteiger charge is 2.10. The van der Waals surface area contributed by atoms with Gasteiger partial charge in [0.15, 0.2) is 0 Å². The topological polar surface area (TPSA) is 42.2 Å². The average Bonchev–Trinajstić information content (AvgIpc) is 1.78. The van der Waals surface area contributed by atoms with Crippen LogP contribution in [0.3, 0.4) is 0 Å². The Morgan fingerprint density at radius 1 is 1.40 bits per heavy atom. The van der Waals surface area contributed by atoms with Crippen LogP contribution in [-0.4, -0.2) is 12.2 Å². The second-order valence-electron chi connectivity index (χ2n) is 2.93. The molecular formula is C7H13NO2. The van der Waals surface area contributed by atoms with E-state index in [1.807, 2.05) is 26.8 Å². The van der Waals surface area contributed by atoms with Crippen LogP contribution in [0.5, 0.6) is 0 Å². The molecule has 0 radical (unpaired) electrons. The van der Waals surface area contributed by atoms with E-state index in [-0.39, 0.29) is 5.60 Å². The molecule has 58 valence electrons. The van der Waals surface area contributed by atoms with Gasteiger partial charge in [-0.25, -0.2) is 9.78 Å². The summed E-state index contributed by atoms with van der Waals surface area (Å²) in [5.74, 6) is 0. The molecule has 0 amide bonds. The van der Waals surface area contributed by atoms with Gasteiger partial charge in [0.2, 0.25) is 0 Å². The first kappa shape index (κ1) is 9.41. The molecule has 0 atom stereocenters. The number of nitrogens with zero attached hydrogens (tertiary/aromatic N) is 1. The van der Waals surface area contributed by atoms with Gasteiger partial charge in [-0.3, -0.25) is 0 Å². The molecule has 0 aliphatic heterocycles. The molecule has 3 heteroatoms. The Balaban J connectivity index is 3.14. The van der Waals surface area contributed by atoms with E-state index >= 15 is 0 Å². The van der Waals surface area contributed by atoms with E-state index in [2.05, 4.69) is 0 Å². The standard InChI is InChI=1S/C7H13NO2/c1-7(2,3)10-9-6-4-5-8/h4,6H2,1-3H3. The summed E-state index contributed by atoms with van der Waals surface area (Å²) in [5, 5.41) is 8.11. The molecule has 0 aromatic rings. The van der Waals surface area contributed by atoms with Gasteiger partial charge in [0.05, 0.1) is 24.7 Å². The van der Waals surface area contributed by atoms with E-state index in [9.17, 15) is 0 Å². The van der Waals surface area contributed by atoms with Crippen molar-refractivity contribution in [2.75, 3.05) is 6.61 Å². The normalized spacial score (nSPS) is 11.0. The maximum absolute atomic E-state index is 8.11. The lowest BCUT2D eigenvalue weighted by Gasteiger charge is -2.16. The largest absolute Gasteiger partial charge is 0.235 e. The summed E-state index contributed by atoms with van der Waals surface area (Å²) in [6, 6.07) is 1.95. The Morgan fingerprint density at radius 2 is 2.00 bits per heavy atom. The first-order chi connectivity index (χ1) is 4.56. The molecule has 0 bridgehead atoms. The van der Waals surface area contributed by atoms with Crippen LogP contribution in [0.1, 0.15) is 27.2 Å². The minimum atomic E-state index is -0.282. The molecular weight excluding hydrogens is 130 g/mol. The van der Waals surface area contributed by atoms with Crippen LogP contribution in [0.4, 0.5) is 0 Å². The first-order valence-electron chi connectivity index (χ1n) is 3.24. The molecule has 0 aromatic heterocycles. The van der Waals surface area contributed by atoms with Crippen LogP contribution < -0.4 is 0 Å². The van der Waals surface area contributed by atoms with E-state index in [0.29, 0.717) is 13.0 Å². The third-order valence-electron chi connectivity index (χ3n) is 0.606. The number of nitriles is 1. The van der Waals surface area contributed by atoms with Gasteiger partial charge in [0, 0.05) is 0 Å². The van der Waals surface area contributed by atoms with Gasteiger partial charge in [-0.15, -0.1) is 0 Å². The quantitative estimate of drug-likeness (QED) is 0.342. The molecule has 10 heavy (non-hydrogen) atoms. The molecule has 0 saturated carbocycles. The van der Waals surface area contributed by atoms with Gasteiger partial charge >= 0.3 is 0 Å². The zero-order valence-electron chi connectivity index (χ0n) is 6.68. The van der Waals surface area contributed by atoms with Crippen molar-refractivity contribution in [1.29, 1.82) is 5.26 Å². The van der Waals surface area contributed by atoms with E-state index in [4.69, 9.17) is 15.0 Å². The molecule has 0 unspecified atom stereocenters. The smallest absolute Gasteiger partial charge is 0.0952 e. The predicted molar refractivity (Wildman–Crippen MR) is 37.0 cm³/mol. The molecule has 3 nitrogen and oxygen atoms in total. The maximum Gasteiger partial charge on any atom is 0.0952 e. The van der Waals surface area contributed by atoms with Gasteiger partial charge in [-0.05, 0) is 20.8 Å². The average molecular weight is 143 g/mol. The minimum absolute atomic E-state index is 0.282. The summed E-state index contributed by atoms with van der Waals surface area (Å²) >= 11 is 0. The Bertz CT molecular complexity index is 121. The zero-order chi connectivity index (χ0) is 8.04. The molecule has 0 aliphatic rings. The van der Waals surface area contributed by atoms with Crippen molar-refractivity contribution in [2.45, 2.75) is 32.8 Å². The molecule has 0 aliphatic carbocycles. The predicted octanol–water partition coefficient (Wildman–Crippen LogP) is 1.65. The van der Waals surface area contributed by atoms with Crippen molar-refractivity contribution in [1.82, 2.24) is 0 Å². The molecule has 0 heterocycles. The Hall–Kier alpha value is -0.590. The van der Waals surface area contributed by atoms with E-state index in [0.717, 1.165) is 0 Å². The van der Waals surface area contributed by atoms with Crippen LogP contribution in [0.15, 0.2) is 0 Å². The highest BCUT2D eigenvalue weighted by atomic mass is 17.2. The fourth-order valence-corrected chi connectivity index (χ4v) is 0.306. The SMILES string of the molecule is CC(C)(C)OOCCC#N. The van der Waals surface area contributed by atoms with Crippen molar-refractivity contribution in [3.05, 3.63) is 0 Å². The van der Waals surface area contributed by atoms with E-state index in [1.165, 1.54) is 0 Å². The fourth-order valence-electron chi connectivity index (χ4n) is 0.306. The number of hydrogen-bond donors (Lipinski definition) is 0. The molecule has 0 N–H and O–H groups in total. The van der Waals surface area contributed by atoms with Gasteiger partial charge in [0.1, 0.15) is 0 Å². The highest BCUT2D eigenvalue weighted by Crippen LogP contribution is 2.06. The van der Waals surface area contributed by atoms with Crippen molar-refractivity contribution in [2.24, 2.45) is 0 Å². The lowest BCUT2D eigenvalue weighted by molar-refractivity contribution is -0.347. The van der Waals surface area contributed by atoms with Gasteiger partial charge in [-0.1, -0.05) is 0 Å². The summed E-state index contributed by atoms with van der Waals surface area (Å²) in [7, 11) is 0. The minimum Gasteiger partial charge on any atom is -0.235 e. The number of rotatable bonds is 3. The van der Waals surface area contributed by atoms with Crippen molar-refractivity contribution < 1.29 is 9.78 Å². The van der Waals surface area contributed by atoms with E-state index < -0.39 is 0 Å². The molecule has 0 rings (SSSR count). The lowest BCUT2D eigenvalue weighted by Crippen LogP contribution is -2.19. The van der Waals surface area contributed by atoms with E-state index in [1.54, 1.807) is 0 Å². The first-order valence-corrected chi connectivity index (χ1v) is 3.24. The van der Waals surface area contributed by atoms with Crippen LogP contribution >= 0.6 is 0 Å². The summed E-state index contributed by atoms with van der Waals surface area (Å²) in [6.45, 7) is 6.01. The van der Waals surface area contributed by atoms with Crippen LogP contribution in [0, 0.1) is 11.3 Å². The Kier molecular flexibility index (Phi) is 4.01.